The Bertz CT molecular complexity index is 215. The van der Waals surface area contributed by atoms with Crippen molar-refractivity contribution in [3.05, 3.63) is 0 Å². The lowest BCUT2D eigenvalue weighted by molar-refractivity contribution is -0.185. The van der Waals surface area contributed by atoms with Crippen LogP contribution >= 0.6 is 0 Å². The van der Waals surface area contributed by atoms with Crippen LogP contribution in [0.15, 0.2) is 0 Å². The van der Waals surface area contributed by atoms with Gasteiger partial charge < -0.3 is 15.4 Å². The summed E-state index contributed by atoms with van der Waals surface area (Å²) in [5.74, 6) is -1.14. The van der Waals surface area contributed by atoms with Gasteiger partial charge in [0.1, 0.15) is 0 Å². The lowest BCUT2D eigenvalue weighted by Gasteiger charge is -2.34. The molecule has 0 aromatic rings. The van der Waals surface area contributed by atoms with Crippen molar-refractivity contribution in [2.24, 2.45) is 11.7 Å². The minimum absolute atomic E-state index is 0.0672. The van der Waals surface area contributed by atoms with Crippen molar-refractivity contribution in [2.75, 3.05) is 32.8 Å². The van der Waals surface area contributed by atoms with Gasteiger partial charge in [-0.15, -0.1) is 0 Å². The number of hydrogen-bond acceptors (Lipinski definition) is 3. The summed E-state index contributed by atoms with van der Waals surface area (Å²) >= 11 is 0. The first-order chi connectivity index (χ1) is 7.97. The molecule has 1 unspecified atom stereocenters. The van der Waals surface area contributed by atoms with E-state index in [1.807, 2.05) is 11.8 Å². The molecule has 0 spiro atoms. The molecule has 1 aliphatic rings. The van der Waals surface area contributed by atoms with E-state index in [9.17, 15) is 13.2 Å². The third-order valence-corrected chi connectivity index (χ3v) is 3.18. The SMILES string of the molecule is CCOC(CN)CN1CCC(C(F)(F)F)CC1. The zero-order chi connectivity index (χ0) is 12.9. The molecule has 1 heterocycles. The predicted octanol–water partition coefficient (Wildman–Crippen LogP) is 1.62. The maximum absolute atomic E-state index is 12.5. The van der Waals surface area contributed by atoms with Crippen LogP contribution in [0, 0.1) is 5.92 Å². The van der Waals surface area contributed by atoms with Crippen LogP contribution in [0.4, 0.5) is 13.2 Å². The third-order valence-electron chi connectivity index (χ3n) is 3.18. The lowest BCUT2D eigenvalue weighted by atomic mass is 9.96. The Hall–Kier alpha value is -0.330. The molecule has 6 heteroatoms. The molecule has 1 aliphatic heterocycles. The van der Waals surface area contributed by atoms with Gasteiger partial charge in [-0.3, -0.25) is 0 Å². The fourth-order valence-corrected chi connectivity index (χ4v) is 2.16. The molecule has 0 aromatic carbocycles. The molecular weight excluding hydrogens is 233 g/mol. The Morgan fingerprint density at radius 2 is 1.94 bits per heavy atom. The smallest absolute Gasteiger partial charge is 0.376 e. The minimum Gasteiger partial charge on any atom is -0.376 e. The van der Waals surface area contributed by atoms with Crippen LogP contribution in [0.5, 0.6) is 0 Å². The fraction of sp³-hybridized carbons (Fsp3) is 1.00. The molecule has 3 nitrogen and oxygen atoms in total. The quantitative estimate of drug-likeness (QED) is 0.810. The average Bonchev–Trinajstić information content (AvgIpc) is 2.28. The van der Waals surface area contributed by atoms with Gasteiger partial charge in [0.25, 0.3) is 0 Å². The molecule has 0 amide bonds. The van der Waals surface area contributed by atoms with Crippen LogP contribution in [0.2, 0.25) is 0 Å². The fourth-order valence-electron chi connectivity index (χ4n) is 2.16. The molecule has 1 rings (SSSR count). The van der Waals surface area contributed by atoms with Crippen molar-refractivity contribution in [1.82, 2.24) is 4.90 Å². The molecule has 1 atom stereocenters. The number of nitrogens with two attached hydrogens (primary N) is 1. The number of likely N-dealkylation sites (tertiary alicyclic amines) is 1. The highest BCUT2D eigenvalue weighted by Crippen LogP contribution is 2.34. The van der Waals surface area contributed by atoms with E-state index in [1.165, 1.54) is 0 Å². The van der Waals surface area contributed by atoms with Crippen molar-refractivity contribution in [3.8, 4) is 0 Å². The van der Waals surface area contributed by atoms with Crippen LogP contribution in [-0.4, -0.2) is 50.0 Å². The largest absolute Gasteiger partial charge is 0.391 e. The summed E-state index contributed by atoms with van der Waals surface area (Å²) in [5.41, 5.74) is 5.54. The number of ether oxygens (including phenoxy) is 1. The second-order valence-corrected chi connectivity index (χ2v) is 4.43. The first-order valence-electron chi connectivity index (χ1n) is 6.08. The second kappa shape index (κ2) is 6.56. The first kappa shape index (κ1) is 14.7. The predicted molar refractivity (Wildman–Crippen MR) is 59.7 cm³/mol. The highest BCUT2D eigenvalue weighted by Gasteiger charge is 2.41. The summed E-state index contributed by atoms with van der Waals surface area (Å²) in [6, 6.07) is 0. The van der Waals surface area contributed by atoms with Gasteiger partial charge in [-0.1, -0.05) is 0 Å². The van der Waals surface area contributed by atoms with Crippen LogP contribution in [0.1, 0.15) is 19.8 Å². The van der Waals surface area contributed by atoms with E-state index in [1.54, 1.807) is 0 Å². The van der Waals surface area contributed by atoms with Gasteiger partial charge in [-0.05, 0) is 32.9 Å². The lowest BCUT2D eigenvalue weighted by Crippen LogP contribution is -2.44. The number of piperidine rings is 1. The van der Waals surface area contributed by atoms with Gasteiger partial charge in [-0.25, -0.2) is 0 Å². The molecule has 0 saturated carbocycles. The number of halogens is 3. The van der Waals surface area contributed by atoms with E-state index in [2.05, 4.69) is 0 Å². The Labute approximate surface area is 100 Å². The average molecular weight is 254 g/mol. The maximum Gasteiger partial charge on any atom is 0.391 e. The summed E-state index contributed by atoms with van der Waals surface area (Å²) < 4.78 is 42.8. The summed E-state index contributed by atoms with van der Waals surface area (Å²) in [5, 5.41) is 0. The molecular formula is C11H21F3N2O. The first-order valence-corrected chi connectivity index (χ1v) is 6.08. The van der Waals surface area contributed by atoms with Gasteiger partial charge in [0.05, 0.1) is 12.0 Å². The van der Waals surface area contributed by atoms with Crippen LogP contribution < -0.4 is 5.73 Å². The van der Waals surface area contributed by atoms with Crippen molar-refractivity contribution >= 4 is 0 Å². The molecule has 102 valence electrons. The van der Waals surface area contributed by atoms with Crippen molar-refractivity contribution in [3.63, 3.8) is 0 Å². The Balaban J connectivity index is 2.31. The van der Waals surface area contributed by atoms with E-state index in [0.717, 1.165) is 0 Å². The van der Waals surface area contributed by atoms with Crippen molar-refractivity contribution in [1.29, 1.82) is 0 Å². The highest BCUT2D eigenvalue weighted by atomic mass is 19.4. The van der Waals surface area contributed by atoms with Crippen LogP contribution in [0.25, 0.3) is 0 Å². The number of alkyl halides is 3. The highest BCUT2D eigenvalue weighted by molar-refractivity contribution is 4.78. The van der Waals surface area contributed by atoms with E-state index < -0.39 is 12.1 Å². The zero-order valence-corrected chi connectivity index (χ0v) is 10.2. The Kier molecular flexibility index (Phi) is 5.69. The third kappa shape index (κ3) is 4.81. The summed E-state index contributed by atoms with van der Waals surface area (Å²) in [7, 11) is 0. The second-order valence-electron chi connectivity index (χ2n) is 4.43. The Morgan fingerprint density at radius 3 is 2.35 bits per heavy atom. The summed E-state index contributed by atoms with van der Waals surface area (Å²) in [4.78, 5) is 2.01. The van der Waals surface area contributed by atoms with E-state index >= 15 is 0 Å². The summed E-state index contributed by atoms with van der Waals surface area (Å²) in [6.45, 7) is 4.48. The molecule has 0 radical (unpaired) electrons. The number of hydrogen-bond donors (Lipinski definition) is 1. The van der Waals surface area contributed by atoms with E-state index in [-0.39, 0.29) is 18.9 Å². The molecule has 1 fully saturated rings. The van der Waals surface area contributed by atoms with Crippen molar-refractivity contribution < 1.29 is 17.9 Å². The zero-order valence-electron chi connectivity index (χ0n) is 10.2. The Morgan fingerprint density at radius 1 is 1.35 bits per heavy atom. The summed E-state index contributed by atoms with van der Waals surface area (Å²) in [6.07, 6.45) is -3.73. The number of nitrogens with zero attached hydrogens (tertiary/aromatic N) is 1. The molecule has 1 saturated heterocycles. The number of rotatable bonds is 5. The topological polar surface area (TPSA) is 38.5 Å². The van der Waals surface area contributed by atoms with Gasteiger partial charge in [0.15, 0.2) is 0 Å². The molecule has 17 heavy (non-hydrogen) atoms. The van der Waals surface area contributed by atoms with Crippen molar-refractivity contribution in [2.45, 2.75) is 32.0 Å². The molecule has 2 N–H and O–H groups in total. The molecule has 0 aromatic heterocycles. The monoisotopic (exact) mass is 254 g/mol. The van der Waals surface area contributed by atoms with Gasteiger partial charge in [0.2, 0.25) is 0 Å². The van der Waals surface area contributed by atoms with Crippen LogP contribution in [0.3, 0.4) is 0 Å². The van der Waals surface area contributed by atoms with Gasteiger partial charge >= 0.3 is 6.18 Å². The maximum atomic E-state index is 12.5. The molecule has 0 aliphatic carbocycles. The van der Waals surface area contributed by atoms with Gasteiger partial charge in [0, 0.05) is 19.7 Å². The van der Waals surface area contributed by atoms with E-state index in [4.69, 9.17) is 10.5 Å². The minimum atomic E-state index is -4.04. The molecule has 0 bridgehead atoms. The standard InChI is InChI=1S/C11H21F3N2O/c1-2-17-10(7-15)8-16-5-3-9(4-6-16)11(12,13)14/h9-10H,2-8,15H2,1H3. The van der Waals surface area contributed by atoms with Gasteiger partial charge in [-0.2, -0.15) is 13.2 Å². The van der Waals surface area contributed by atoms with Crippen LogP contribution in [-0.2, 0) is 4.74 Å². The van der Waals surface area contributed by atoms with E-state index in [0.29, 0.717) is 32.8 Å². The normalized spacial score (nSPS) is 21.7.